The first-order valence-electron chi connectivity index (χ1n) is 5.71. The molecule has 2 aliphatic heterocycles. The Morgan fingerprint density at radius 3 is 2.47 bits per heavy atom. The number of carbonyl (C=O) groups excluding carboxylic acids is 4. The van der Waals surface area contributed by atoms with E-state index in [1.165, 1.54) is 12.2 Å². The van der Waals surface area contributed by atoms with E-state index in [9.17, 15) is 19.2 Å². The first-order valence-corrected chi connectivity index (χ1v) is 5.71. The lowest BCUT2D eigenvalue weighted by Gasteiger charge is -2.27. The van der Waals surface area contributed by atoms with Crippen molar-refractivity contribution in [3.63, 3.8) is 0 Å². The largest absolute Gasteiger partial charge is 0.295 e. The van der Waals surface area contributed by atoms with Gasteiger partial charge in [-0.2, -0.15) is 0 Å². The maximum Gasteiger partial charge on any atom is 0.262 e. The van der Waals surface area contributed by atoms with E-state index in [1.54, 1.807) is 0 Å². The first-order chi connectivity index (χ1) is 8.97. The molecule has 0 saturated carbocycles. The minimum atomic E-state index is -0.954. The minimum Gasteiger partial charge on any atom is -0.295 e. The van der Waals surface area contributed by atoms with Crippen molar-refractivity contribution in [2.24, 2.45) is 0 Å². The molecule has 1 atom stereocenters. The van der Waals surface area contributed by atoms with Gasteiger partial charge >= 0.3 is 0 Å². The average Bonchev–Trinajstić information content (AvgIpc) is 2.55. The van der Waals surface area contributed by atoms with Gasteiger partial charge < -0.3 is 0 Å². The topological polar surface area (TPSA) is 83.6 Å². The lowest BCUT2D eigenvalue weighted by Crippen LogP contribution is -2.54. The zero-order chi connectivity index (χ0) is 14.2. The van der Waals surface area contributed by atoms with Crippen molar-refractivity contribution in [3.05, 3.63) is 36.5 Å². The molecule has 2 heterocycles. The predicted octanol–water partition coefficient (Wildman–Crippen LogP) is -0.171. The number of hydrogen-bond acceptors (Lipinski definition) is 4. The van der Waals surface area contributed by atoms with Crippen LogP contribution in [0.5, 0.6) is 0 Å². The van der Waals surface area contributed by atoms with E-state index in [-0.39, 0.29) is 24.0 Å². The van der Waals surface area contributed by atoms with Crippen LogP contribution in [0.2, 0.25) is 0 Å². The number of carbonyl (C=O) groups is 4. The van der Waals surface area contributed by atoms with Gasteiger partial charge in [-0.3, -0.25) is 29.4 Å². The van der Waals surface area contributed by atoms with Crippen LogP contribution in [0, 0.1) is 0 Å². The number of imide groups is 2. The highest BCUT2D eigenvalue weighted by atomic mass is 16.2. The number of hydrogen-bond donors (Lipinski definition) is 1. The van der Waals surface area contributed by atoms with Crippen LogP contribution < -0.4 is 5.32 Å². The van der Waals surface area contributed by atoms with Crippen LogP contribution in [0.1, 0.15) is 12.8 Å². The summed E-state index contributed by atoms with van der Waals surface area (Å²) >= 11 is 0. The van der Waals surface area contributed by atoms with Gasteiger partial charge in [-0.25, -0.2) is 0 Å². The van der Waals surface area contributed by atoms with Crippen LogP contribution in [0.4, 0.5) is 0 Å². The van der Waals surface area contributed by atoms with E-state index in [4.69, 9.17) is 0 Å². The second-order valence-electron chi connectivity index (χ2n) is 4.24. The normalized spacial score (nSPS) is 26.1. The maximum atomic E-state index is 12.1. The van der Waals surface area contributed by atoms with Gasteiger partial charge in [0.05, 0.1) is 5.57 Å². The highest BCUT2D eigenvalue weighted by Crippen LogP contribution is 2.28. The Hall–Kier alpha value is -2.50. The molecule has 0 spiro atoms. The Balaban J connectivity index is 2.33. The molecule has 0 aromatic heterocycles. The van der Waals surface area contributed by atoms with E-state index < -0.39 is 29.7 Å². The fourth-order valence-electron chi connectivity index (χ4n) is 2.11. The van der Waals surface area contributed by atoms with Gasteiger partial charge in [-0.05, 0) is 12.5 Å². The summed E-state index contributed by atoms with van der Waals surface area (Å²) in [5.41, 5.74) is 0.166. The number of rotatable bonds is 2. The Labute approximate surface area is 109 Å². The maximum absolute atomic E-state index is 12.1. The Kier molecular flexibility index (Phi) is 3.16. The molecule has 19 heavy (non-hydrogen) atoms. The molecule has 0 bridgehead atoms. The number of likely N-dealkylation sites (tertiary alicyclic amines) is 1. The van der Waals surface area contributed by atoms with E-state index in [0.29, 0.717) is 0 Å². The molecule has 2 fully saturated rings. The Bertz CT molecular complexity index is 559. The minimum absolute atomic E-state index is 0.0367. The number of nitrogens with zero attached hydrogens (tertiary/aromatic N) is 1. The molecule has 0 aromatic rings. The van der Waals surface area contributed by atoms with Gasteiger partial charge in [0.1, 0.15) is 6.04 Å². The van der Waals surface area contributed by atoms with Crippen LogP contribution in [0.25, 0.3) is 0 Å². The van der Waals surface area contributed by atoms with E-state index in [1.807, 2.05) is 0 Å². The summed E-state index contributed by atoms with van der Waals surface area (Å²) in [6, 6.07) is -0.954. The molecule has 2 aliphatic rings. The van der Waals surface area contributed by atoms with Crippen molar-refractivity contribution in [2.45, 2.75) is 18.9 Å². The van der Waals surface area contributed by atoms with Crippen molar-refractivity contribution in [1.82, 2.24) is 10.2 Å². The van der Waals surface area contributed by atoms with Gasteiger partial charge in [0.15, 0.2) is 0 Å². The zero-order valence-electron chi connectivity index (χ0n) is 10.1. The van der Waals surface area contributed by atoms with Crippen molar-refractivity contribution in [1.29, 1.82) is 0 Å². The summed E-state index contributed by atoms with van der Waals surface area (Å²) in [5, 5.41) is 2.12. The third kappa shape index (κ3) is 2.01. The SMILES string of the molecule is C=C/C=C1\C(=C)C(=O)N(C2CCC(=O)NC2=O)C1=O. The van der Waals surface area contributed by atoms with Gasteiger partial charge in [-0.15, -0.1) is 0 Å². The van der Waals surface area contributed by atoms with Crippen molar-refractivity contribution in [3.8, 4) is 0 Å². The van der Waals surface area contributed by atoms with E-state index in [2.05, 4.69) is 18.5 Å². The second kappa shape index (κ2) is 4.64. The Morgan fingerprint density at radius 1 is 1.21 bits per heavy atom. The summed E-state index contributed by atoms with van der Waals surface area (Å²) in [6.45, 7) is 7.00. The van der Waals surface area contributed by atoms with Crippen molar-refractivity contribution < 1.29 is 19.2 Å². The molecule has 0 aliphatic carbocycles. The quantitative estimate of drug-likeness (QED) is 0.552. The first kappa shape index (κ1) is 12.9. The van der Waals surface area contributed by atoms with Crippen LogP contribution in [0.15, 0.2) is 36.5 Å². The summed E-state index contributed by atoms with van der Waals surface area (Å²) in [5.74, 6) is -2.22. The molecule has 6 heteroatoms. The molecular formula is C13H12N2O4. The van der Waals surface area contributed by atoms with Crippen LogP contribution in [0.3, 0.4) is 0 Å². The highest BCUT2D eigenvalue weighted by molar-refractivity contribution is 6.26. The molecule has 98 valence electrons. The molecule has 6 nitrogen and oxygen atoms in total. The molecule has 0 radical (unpaired) electrons. The van der Waals surface area contributed by atoms with Crippen LogP contribution in [-0.4, -0.2) is 34.6 Å². The van der Waals surface area contributed by atoms with Gasteiger partial charge in [0, 0.05) is 12.0 Å². The van der Waals surface area contributed by atoms with Gasteiger partial charge in [-0.1, -0.05) is 19.2 Å². The fourth-order valence-corrected chi connectivity index (χ4v) is 2.11. The Morgan fingerprint density at radius 2 is 1.89 bits per heavy atom. The number of nitrogens with one attached hydrogen (secondary N) is 1. The van der Waals surface area contributed by atoms with Crippen LogP contribution >= 0.6 is 0 Å². The molecule has 4 amide bonds. The summed E-state index contributed by atoms with van der Waals surface area (Å²) in [7, 11) is 0. The highest BCUT2D eigenvalue weighted by Gasteiger charge is 2.45. The van der Waals surface area contributed by atoms with Crippen LogP contribution in [-0.2, 0) is 19.2 Å². The van der Waals surface area contributed by atoms with E-state index >= 15 is 0 Å². The molecule has 2 rings (SSSR count). The third-order valence-electron chi connectivity index (χ3n) is 3.06. The smallest absolute Gasteiger partial charge is 0.262 e. The van der Waals surface area contributed by atoms with Crippen molar-refractivity contribution in [2.75, 3.05) is 0 Å². The molecule has 1 unspecified atom stereocenters. The number of piperidine rings is 1. The predicted molar refractivity (Wildman–Crippen MR) is 65.4 cm³/mol. The second-order valence-corrected chi connectivity index (χ2v) is 4.24. The molecular weight excluding hydrogens is 248 g/mol. The monoisotopic (exact) mass is 260 g/mol. The molecule has 2 saturated heterocycles. The van der Waals surface area contributed by atoms with Crippen molar-refractivity contribution >= 4 is 23.6 Å². The molecule has 1 N–H and O–H groups in total. The number of allylic oxidation sites excluding steroid dienone is 2. The summed E-state index contributed by atoms with van der Waals surface area (Å²) < 4.78 is 0. The average molecular weight is 260 g/mol. The lowest BCUT2D eigenvalue weighted by molar-refractivity contribution is -0.149. The number of amides is 4. The lowest BCUT2D eigenvalue weighted by atomic mass is 10.0. The standard InChI is InChI=1S/C13H12N2O4/c1-3-4-8-7(2)12(18)15(13(8)19)9-5-6-10(16)14-11(9)17/h3-4,9H,1-2,5-6H2,(H,14,16,17)/b8-4+. The van der Waals surface area contributed by atoms with Gasteiger partial charge in [0.25, 0.3) is 11.8 Å². The summed E-state index contributed by atoms with van der Waals surface area (Å²) in [6.07, 6.45) is 2.99. The fraction of sp³-hybridized carbons (Fsp3) is 0.231. The zero-order valence-corrected chi connectivity index (χ0v) is 10.1. The van der Waals surface area contributed by atoms with Gasteiger partial charge in [0.2, 0.25) is 11.8 Å². The van der Waals surface area contributed by atoms with E-state index in [0.717, 1.165) is 4.90 Å². The summed E-state index contributed by atoms with van der Waals surface area (Å²) in [4.78, 5) is 47.7. The molecule has 0 aromatic carbocycles. The third-order valence-corrected chi connectivity index (χ3v) is 3.06.